The summed E-state index contributed by atoms with van der Waals surface area (Å²) in [7, 11) is 0. The zero-order valence-electron chi connectivity index (χ0n) is 17.6. The van der Waals surface area contributed by atoms with Gasteiger partial charge in [-0.1, -0.05) is 12.1 Å². The Morgan fingerprint density at radius 1 is 0.933 bits per heavy atom. The summed E-state index contributed by atoms with van der Waals surface area (Å²) in [5.41, 5.74) is 5.73. The molecule has 2 heterocycles. The smallest absolute Gasteiger partial charge is 0.336 e. The van der Waals surface area contributed by atoms with Gasteiger partial charge in [-0.3, -0.25) is 9.80 Å². The Hall–Kier alpha value is -2.94. The van der Waals surface area contributed by atoms with Gasteiger partial charge < -0.3 is 4.42 Å². The second kappa shape index (κ2) is 8.83. The lowest BCUT2D eigenvalue weighted by molar-refractivity contribution is 0.247. The molecular formula is C25H27N3O2. The molecule has 0 aliphatic carbocycles. The van der Waals surface area contributed by atoms with E-state index < -0.39 is 0 Å². The van der Waals surface area contributed by atoms with E-state index in [1.807, 2.05) is 37.3 Å². The van der Waals surface area contributed by atoms with E-state index in [-0.39, 0.29) is 5.63 Å². The van der Waals surface area contributed by atoms with Crippen LogP contribution in [0.1, 0.15) is 34.2 Å². The quantitative estimate of drug-likeness (QED) is 0.619. The molecule has 0 unspecified atom stereocenters. The van der Waals surface area contributed by atoms with E-state index in [9.17, 15) is 4.79 Å². The topological polar surface area (TPSA) is 60.5 Å². The van der Waals surface area contributed by atoms with Crippen molar-refractivity contribution in [2.75, 3.05) is 26.2 Å². The van der Waals surface area contributed by atoms with Crippen molar-refractivity contribution in [2.24, 2.45) is 0 Å². The molecule has 0 radical (unpaired) electrons. The third-order valence-electron chi connectivity index (χ3n) is 6.01. The highest BCUT2D eigenvalue weighted by atomic mass is 16.4. The van der Waals surface area contributed by atoms with Crippen LogP contribution in [0.3, 0.4) is 0 Å². The van der Waals surface area contributed by atoms with Gasteiger partial charge in [-0.15, -0.1) is 0 Å². The van der Waals surface area contributed by atoms with E-state index in [4.69, 9.17) is 9.68 Å². The molecule has 1 aliphatic rings. The van der Waals surface area contributed by atoms with E-state index in [0.29, 0.717) is 11.1 Å². The maximum atomic E-state index is 12.1. The summed E-state index contributed by atoms with van der Waals surface area (Å²) in [6.45, 7) is 9.80. The molecule has 1 saturated heterocycles. The number of hydrogen-bond donors (Lipinski definition) is 0. The first-order chi connectivity index (χ1) is 14.5. The van der Waals surface area contributed by atoms with Crippen LogP contribution in [0.2, 0.25) is 0 Å². The number of hydrogen-bond acceptors (Lipinski definition) is 5. The van der Waals surface area contributed by atoms with E-state index in [1.165, 1.54) is 11.1 Å². The molecule has 0 bridgehead atoms. The minimum absolute atomic E-state index is 0.280. The summed E-state index contributed by atoms with van der Waals surface area (Å²) in [5.74, 6) is 0. The van der Waals surface area contributed by atoms with Gasteiger partial charge in [-0.05, 0) is 79.9 Å². The third kappa shape index (κ3) is 4.62. The summed E-state index contributed by atoms with van der Waals surface area (Å²) in [6, 6.07) is 15.8. The SMILES string of the molecule is Cc1cc2oc(=O)cc(CN3CCCN(Cc4ccc(C#N)cc4)CC3)c2cc1C. The Kier molecular flexibility index (Phi) is 5.98. The van der Waals surface area contributed by atoms with Crippen molar-refractivity contribution in [2.45, 2.75) is 33.4 Å². The Balaban J connectivity index is 1.46. The molecule has 5 nitrogen and oxygen atoms in total. The van der Waals surface area contributed by atoms with Crippen LogP contribution in [0.5, 0.6) is 0 Å². The Labute approximate surface area is 177 Å². The van der Waals surface area contributed by atoms with Gasteiger partial charge in [0.2, 0.25) is 0 Å². The van der Waals surface area contributed by atoms with Crippen molar-refractivity contribution in [3.63, 3.8) is 0 Å². The third-order valence-corrected chi connectivity index (χ3v) is 6.01. The average molecular weight is 402 g/mol. The van der Waals surface area contributed by atoms with Crippen molar-refractivity contribution in [1.82, 2.24) is 9.80 Å². The standard InChI is InChI=1S/C25H27N3O2/c1-18-12-23-22(14-25(29)30-24(23)13-19(18)2)17-28-9-3-8-27(10-11-28)16-21-6-4-20(15-26)5-7-21/h4-7,12-14H,3,8-11,16-17H2,1-2H3. The summed E-state index contributed by atoms with van der Waals surface area (Å²) >= 11 is 0. The van der Waals surface area contributed by atoms with Gasteiger partial charge in [-0.2, -0.15) is 5.26 Å². The highest BCUT2D eigenvalue weighted by molar-refractivity contribution is 5.81. The number of fused-ring (bicyclic) bond motifs is 1. The molecule has 5 heteroatoms. The lowest BCUT2D eigenvalue weighted by Gasteiger charge is -2.22. The summed E-state index contributed by atoms with van der Waals surface area (Å²) < 4.78 is 5.45. The average Bonchev–Trinajstić information content (AvgIpc) is 2.95. The minimum atomic E-state index is -0.280. The van der Waals surface area contributed by atoms with Crippen molar-refractivity contribution < 1.29 is 4.42 Å². The normalized spacial score (nSPS) is 15.8. The van der Waals surface area contributed by atoms with E-state index in [0.717, 1.165) is 62.2 Å². The van der Waals surface area contributed by atoms with E-state index >= 15 is 0 Å². The molecular weight excluding hydrogens is 374 g/mol. The van der Waals surface area contributed by atoms with Gasteiger partial charge in [0.1, 0.15) is 5.58 Å². The molecule has 30 heavy (non-hydrogen) atoms. The van der Waals surface area contributed by atoms with Crippen LogP contribution in [0.15, 0.2) is 51.7 Å². The largest absolute Gasteiger partial charge is 0.423 e. The van der Waals surface area contributed by atoms with Gasteiger partial charge in [0.25, 0.3) is 0 Å². The molecule has 0 amide bonds. The first-order valence-electron chi connectivity index (χ1n) is 10.5. The molecule has 3 aromatic rings. The van der Waals surface area contributed by atoms with Gasteiger partial charge in [0.05, 0.1) is 11.6 Å². The molecule has 154 valence electrons. The minimum Gasteiger partial charge on any atom is -0.423 e. The molecule has 0 saturated carbocycles. The lowest BCUT2D eigenvalue weighted by atomic mass is 10.0. The second-order valence-electron chi connectivity index (χ2n) is 8.24. The van der Waals surface area contributed by atoms with Crippen LogP contribution in [-0.4, -0.2) is 36.0 Å². The fraction of sp³-hybridized carbons (Fsp3) is 0.360. The van der Waals surface area contributed by atoms with Crippen LogP contribution in [0, 0.1) is 25.2 Å². The zero-order valence-corrected chi connectivity index (χ0v) is 17.6. The Morgan fingerprint density at radius 2 is 1.60 bits per heavy atom. The van der Waals surface area contributed by atoms with Gasteiger partial charge >= 0.3 is 5.63 Å². The van der Waals surface area contributed by atoms with E-state index in [2.05, 4.69) is 28.9 Å². The number of benzene rings is 2. The molecule has 1 aliphatic heterocycles. The molecule has 1 fully saturated rings. The van der Waals surface area contributed by atoms with Gasteiger partial charge in [0.15, 0.2) is 0 Å². The molecule has 0 atom stereocenters. The number of rotatable bonds is 4. The van der Waals surface area contributed by atoms with Crippen LogP contribution >= 0.6 is 0 Å². The Morgan fingerprint density at radius 3 is 2.30 bits per heavy atom. The fourth-order valence-electron chi connectivity index (χ4n) is 4.14. The predicted molar refractivity (Wildman–Crippen MR) is 118 cm³/mol. The van der Waals surface area contributed by atoms with Crippen LogP contribution in [-0.2, 0) is 13.1 Å². The molecule has 0 N–H and O–H groups in total. The number of nitrogens with zero attached hydrogens (tertiary/aromatic N) is 3. The first-order valence-corrected chi connectivity index (χ1v) is 10.5. The van der Waals surface area contributed by atoms with Crippen molar-refractivity contribution in [3.05, 3.63) is 80.7 Å². The highest BCUT2D eigenvalue weighted by Gasteiger charge is 2.17. The zero-order chi connectivity index (χ0) is 21.1. The fourth-order valence-corrected chi connectivity index (χ4v) is 4.14. The van der Waals surface area contributed by atoms with Crippen LogP contribution in [0.25, 0.3) is 11.0 Å². The maximum absolute atomic E-state index is 12.1. The van der Waals surface area contributed by atoms with Crippen LogP contribution < -0.4 is 5.63 Å². The Bertz CT molecular complexity index is 1140. The first kappa shape index (κ1) is 20.3. The number of aryl methyl sites for hydroxylation is 2. The summed E-state index contributed by atoms with van der Waals surface area (Å²) in [5, 5.41) is 10.00. The monoisotopic (exact) mass is 401 g/mol. The molecule has 4 rings (SSSR count). The van der Waals surface area contributed by atoms with Crippen molar-refractivity contribution >= 4 is 11.0 Å². The van der Waals surface area contributed by atoms with Crippen LogP contribution in [0.4, 0.5) is 0 Å². The van der Waals surface area contributed by atoms with Crippen molar-refractivity contribution in [3.8, 4) is 6.07 Å². The van der Waals surface area contributed by atoms with Crippen molar-refractivity contribution in [1.29, 1.82) is 5.26 Å². The summed E-state index contributed by atoms with van der Waals surface area (Å²) in [4.78, 5) is 17.0. The highest BCUT2D eigenvalue weighted by Crippen LogP contribution is 2.23. The molecule has 1 aromatic heterocycles. The molecule has 0 spiro atoms. The molecule has 2 aromatic carbocycles. The maximum Gasteiger partial charge on any atom is 0.336 e. The predicted octanol–water partition coefficient (Wildman–Crippen LogP) is 3.99. The van der Waals surface area contributed by atoms with Gasteiger partial charge in [0, 0.05) is 37.6 Å². The second-order valence-corrected chi connectivity index (χ2v) is 8.24. The lowest BCUT2D eigenvalue weighted by Crippen LogP contribution is -2.30. The number of nitriles is 1. The van der Waals surface area contributed by atoms with E-state index in [1.54, 1.807) is 6.07 Å². The summed E-state index contributed by atoms with van der Waals surface area (Å²) in [6.07, 6.45) is 1.09. The van der Waals surface area contributed by atoms with Gasteiger partial charge in [-0.25, -0.2) is 4.79 Å².